The Balaban J connectivity index is 1.75. The number of alkyl halides is 2. The first-order valence-corrected chi connectivity index (χ1v) is 9.31. The lowest BCUT2D eigenvalue weighted by molar-refractivity contribution is -0.123. The highest BCUT2D eigenvalue weighted by molar-refractivity contribution is 5.73. The maximum Gasteiger partial charge on any atom is 0.248 e. The van der Waals surface area contributed by atoms with Gasteiger partial charge >= 0.3 is 0 Å². The second-order valence-electron chi connectivity index (χ2n) is 7.29. The smallest absolute Gasteiger partial charge is 0.248 e. The molecule has 0 bridgehead atoms. The number of amides is 1. The molecule has 1 saturated carbocycles. The van der Waals surface area contributed by atoms with E-state index in [1.54, 1.807) is 0 Å². The van der Waals surface area contributed by atoms with Crippen molar-refractivity contribution < 1.29 is 27.8 Å². The second-order valence-corrected chi connectivity index (χ2v) is 7.29. The van der Waals surface area contributed by atoms with Crippen molar-refractivity contribution in [2.24, 2.45) is 5.92 Å². The minimum atomic E-state index is -2.56. The van der Waals surface area contributed by atoms with Gasteiger partial charge in [0.2, 0.25) is 11.8 Å². The molecule has 2 atom stereocenters. The van der Waals surface area contributed by atoms with Crippen molar-refractivity contribution in [3.63, 3.8) is 0 Å². The molecular formula is C18H31F2NO4. The normalized spacial score (nSPS) is 24.6. The quantitative estimate of drug-likeness (QED) is 0.720. The summed E-state index contributed by atoms with van der Waals surface area (Å²) in [5, 5.41) is 2.86. The van der Waals surface area contributed by atoms with Gasteiger partial charge < -0.3 is 19.5 Å². The van der Waals surface area contributed by atoms with Gasteiger partial charge in [0.05, 0.1) is 31.5 Å². The van der Waals surface area contributed by atoms with Gasteiger partial charge in [-0.1, -0.05) is 0 Å². The molecule has 0 aromatic heterocycles. The van der Waals surface area contributed by atoms with Crippen molar-refractivity contribution >= 4 is 5.91 Å². The maximum absolute atomic E-state index is 13.2. The summed E-state index contributed by atoms with van der Waals surface area (Å²) in [5.74, 6) is -2.22. The third-order valence-electron chi connectivity index (χ3n) is 5.07. The highest BCUT2D eigenvalue weighted by Crippen LogP contribution is 2.34. The Kier molecular flexibility index (Phi) is 8.03. The summed E-state index contributed by atoms with van der Waals surface area (Å²) in [6, 6.07) is -0.278. The van der Waals surface area contributed by atoms with Crippen LogP contribution in [-0.2, 0) is 19.0 Å². The minimum Gasteiger partial charge on any atom is -0.381 e. The third-order valence-corrected chi connectivity index (χ3v) is 5.07. The molecule has 2 rings (SSSR count). The molecule has 7 heteroatoms. The van der Waals surface area contributed by atoms with Crippen molar-refractivity contribution in [3.05, 3.63) is 0 Å². The minimum absolute atomic E-state index is 0.127. The van der Waals surface area contributed by atoms with Crippen molar-refractivity contribution in [2.45, 2.75) is 76.5 Å². The van der Waals surface area contributed by atoms with E-state index in [2.05, 4.69) is 5.32 Å². The molecule has 1 heterocycles. The Bertz CT molecular complexity index is 406. The highest BCUT2D eigenvalue weighted by atomic mass is 19.3. The summed E-state index contributed by atoms with van der Waals surface area (Å²) >= 11 is 0. The van der Waals surface area contributed by atoms with Gasteiger partial charge in [-0.25, -0.2) is 8.78 Å². The van der Waals surface area contributed by atoms with Gasteiger partial charge in [-0.15, -0.1) is 0 Å². The Labute approximate surface area is 148 Å². The van der Waals surface area contributed by atoms with Gasteiger partial charge in [0.1, 0.15) is 0 Å². The summed E-state index contributed by atoms with van der Waals surface area (Å²) in [4.78, 5) is 11.5. The van der Waals surface area contributed by atoms with Crippen LogP contribution in [-0.4, -0.2) is 56.5 Å². The third kappa shape index (κ3) is 7.54. The average molecular weight is 363 g/mol. The van der Waals surface area contributed by atoms with E-state index in [1.807, 2.05) is 6.92 Å². The van der Waals surface area contributed by atoms with Crippen molar-refractivity contribution in [1.82, 2.24) is 5.32 Å². The number of carbonyl (C=O) groups is 1. The maximum atomic E-state index is 13.2. The lowest BCUT2D eigenvalue weighted by Gasteiger charge is -2.32. The first-order valence-electron chi connectivity index (χ1n) is 9.31. The molecular weight excluding hydrogens is 332 g/mol. The fourth-order valence-electron chi connectivity index (χ4n) is 3.29. The van der Waals surface area contributed by atoms with E-state index >= 15 is 0 Å². The average Bonchev–Trinajstić information content (AvgIpc) is 2.58. The molecule has 2 fully saturated rings. The summed E-state index contributed by atoms with van der Waals surface area (Å²) in [6.07, 6.45) is 2.08. The van der Waals surface area contributed by atoms with E-state index in [-0.39, 0.29) is 43.6 Å². The van der Waals surface area contributed by atoms with Crippen LogP contribution in [0.4, 0.5) is 8.78 Å². The number of hydrogen-bond donors (Lipinski definition) is 1. The first kappa shape index (κ1) is 20.5. The fraction of sp³-hybridized carbons (Fsp3) is 0.944. The van der Waals surface area contributed by atoms with Crippen LogP contribution in [0.5, 0.6) is 0 Å². The molecule has 146 valence electrons. The summed E-state index contributed by atoms with van der Waals surface area (Å²) < 4.78 is 43.5. The van der Waals surface area contributed by atoms with Crippen LogP contribution < -0.4 is 5.32 Å². The molecule has 0 aromatic rings. The Morgan fingerprint density at radius 2 is 1.88 bits per heavy atom. The van der Waals surface area contributed by atoms with Crippen molar-refractivity contribution in [2.75, 3.05) is 26.4 Å². The molecule has 1 aliphatic heterocycles. The molecule has 5 nitrogen and oxygen atoms in total. The number of ether oxygens (including phenoxy) is 3. The summed E-state index contributed by atoms with van der Waals surface area (Å²) in [7, 11) is 0. The van der Waals surface area contributed by atoms with Crippen LogP contribution in [0.1, 0.15) is 52.4 Å². The molecule has 1 aliphatic carbocycles. The molecule has 2 aliphatic rings. The highest BCUT2D eigenvalue weighted by Gasteiger charge is 2.35. The van der Waals surface area contributed by atoms with Crippen LogP contribution >= 0.6 is 0 Å². The van der Waals surface area contributed by atoms with Crippen LogP contribution in [0.25, 0.3) is 0 Å². The molecule has 0 radical (unpaired) electrons. The Morgan fingerprint density at radius 3 is 2.48 bits per heavy atom. The van der Waals surface area contributed by atoms with Gasteiger partial charge in [-0.3, -0.25) is 4.79 Å². The number of halogens is 2. The molecule has 0 spiro atoms. The van der Waals surface area contributed by atoms with E-state index in [1.165, 1.54) is 6.92 Å². The van der Waals surface area contributed by atoms with E-state index in [0.717, 1.165) is 26.1 Å². The van der Waals surface area contributed by atoms with Crippen LogP contribution in [0, 0.1) is 5.92 Å². The van der Waals surface area contributed by atoms with Crippen molar-refractivity contribution in [3.8, 4) is 0 Å². The number of carbonyl (C=O) groups excluding carboxylic acids is 1. The van der Waals surface area contributed by atoms with Gasteiger partial charge in [0.15, 0.2) is 0 Å². The van der Waals surface area contributed by atoms with Crippen LogP contribution in [0.2, 0.25) is 0 Å². The number of rotatable bonds is 8. The van der Waals surface area contributed by atoms with Crippen LogP contribution in [0.3, 0.4) is 0 Å². The van der Waals surface area contributed by atoms with E-state index in [4.69, 9.17) is 14.2 Å². The predicted octanol–water partition coefficient (Wildman–Crippen LogP) is 2.92. The van der Waals surface area contributed by atoms with E-state index in [0.29, 0.717) is 25.4 Å². The first-order chi connectivity index (χ1) is 11.9. The summed E-state index contributed by atoms with van der Waals surface area (Å²) in [5.41, 5.74) is 0. The summed E-state index contributed by atoms with van der Waals surface area (Å²) in [6.45, 7) is 5.83. The van der Waals surface area contributed by atoms with Gasteiger partial charge in [-0.2, -0.15) is 0 Å². The molecule has 1 N–H and O–H groups in total. The zero-order valence-corrected chi connectivity index (χ0v) is 15.3. The molecule has 0 aromatic carbocycles. The predicted molar refractivity (Wildman–Crippen MR) is 89.7 cm³/mol. The monoisotopic (exact) mass is 363 g/mol. The van der Waals surface area contributed by atoms with Crippen LogP contribution in [0.15, 0.2) is 0 Å². The Morgan fingerprint density at radius 1 is 1.24 bits per heavy atom. The lowest BCUT2D eigenvalue weighted by Crippen LogP contribution is -2.47. The second kappa shape index (κ2) is 9.78. The number of hydrogen-bond acceptors (Lipinski definition) is 4. The molecule has 1 saturated heterocycles. The SMILES string of the molecule is CC(=O)NC(COC1CCC(F)(F)CC1)C(C)OCC1CCOCC1. The molecule has 25 heavy (non-hydrogen) atoms. The topological polar surface area (TPSA) is 56.8 Å². The standard InChI is InChI=1S/C18H31F2NO4/c1-13(24-11-15-5-9-23-10-6-15)17(21-14(2)22)12-25-16-3-7-18(19,20)8-4-16/h13,15-17H,3-12H2,1-2H3,(H,21,22). The zero-order chi connectivity index (χ0) is 18.3. The molecule has 1 amide bonds. The van der Waals surface area contributed by atoms with Gasteiger partial charge in [-0.05, 0) is 38.5 Å². The zero-order valence-electron chi connectivity index (χ0n) is 15.3. The van der Waals surface area contributed by atoms with Gasteiger partial charge in [0.25, 0.3) is 0 Å². The van der Waals surface area contributed by atoms with Crippen molar-refractivity contribution in [1.29, 1.82) is 0 Å². The fourth-order valence-corrected chi connectivity index (χ4v) is 3.29. The lowest BCUT2D eigenvalue weighted by atomic mass is 9.94. The van der Waals surface area contributed by atoms with E-state index in [9.17, 15) is 13.6 Å². The Hall–Kier alpha value is -0.790. The van der Waals surface area contributed by atoms with Gasteiger partial charge in [0, 0.05) is 33.0 Å². The number of nitrogens with one attached hydrogen (secondary N) is 1. The van der Waals surface area contributed by atoms with E-state index < -0.39 is 5.92 Å². The largest absolute Gasteiger partial charge is 0.381 e. The molecule has 2 unspecified atom stereocenters.